The smallest absolute Gasteiger partial charge is 0.0151 e. The van der Waals surface area contributed by atoms with Crippen molar-refractivity contribution < 1.29 is 0 Å². The molecule has 1 fully saturated rings. The zero-order chi connectivity index (χ0) is 8.32. The lowest BCUT2D eigenvalue weighted by Crippen LogP contribution is -2.12. The fourth-order valence-electron chi connectivity index (χ4n) is 1.82. The Hall–Kier alpha value is 0.830. The van der Waals surface area contributed by atoms with Crippen LogP contribution in [0, 0.1) is 5.41 Å². The maximum Gasteiger partial charge on any atom is 0.0151 e. The Morgan fingerprint density at radius 2 is 2.36 bits per heavy atom. The molecule has 0 heterocycles. The monoisotopic (exact) mass is 236 g/mol. The second-order valence-electron chi connectivity index (χ2n) is 3.89. The molecule has 1 rings (SSSR count). The average molecular weight is 237 g/mol. The summed E-state index contributed by atoms with van der Waals surface area (Å²) in [4.78, 5) is 0.800. The predicted octanol–water partition coefficient (Wildman–Crippen LogP) is 3.69. The van der Waals surface area contributed by atoms with Crippen molar-refractivity contribution in [3.63, 3.8) is 0 Å². The Labute approximate surface area is 82.6 Å². The molecule has 11 heavy (non-hydrogen) atoms. The van der Waals surface area contributed by atoms with Gasteiger partial charge in [-0.1, -0.05) is 22.9 Å². The summed E-state index contributed by atoms with van der Waals surface area (Å²) in [6, 6.07) is 0. The molecule has 1 aliphatic rings. The van der Waals surface area contributed by atoms with Crippen molar-refractivity contribution in [1.29, 1.82) is 0 Å². The van der Waals surface area contributed by atoms with Gasteiger partial charge in [-0.2, -0.15) is 11.8 Å². The fraction of sp³-hybridized carbons (Fsp3) is 1.00. The van der Waals surface area contributed by atoms with Crippen molar-refractivity contribution in [2.75, 3.05) is 12.0 Å². The van der Waals surface area contributed by atoms with Crippen LogP contribution in [0.15, 0.2) is 0 Å². The molecule has 0 radical (unpaired) electrons. The second kappa shape index (κ2) is 4.18. The summed E-state index contributed by atoms with van der Waals surface area (Å²) >= 11 is 5.67. The molecule has 0 amide bonds. The number of hydrogen-bond acceptors (Lipinski definition) is 1. The van der Waals surface area contributed by atoms with Crippen LogP contribution in [0.2, 0.25) is 0 Å². The van der Waals surface area contributed by atoms with E-state index in [9.17, 15) is 0 Å². The van der Waals surface area contributed by atoms with Gasteiger partial charge in [0.1, 0.15) is 0 Å². The summed E-state index contributed by atoms with van der Waals surface area (Å²) in [5.74, 6) is 1.33. The first kappa shape index (κ1) is 9.91. The number of halogens is 1. The number of rotatable bonds is 3. The van der Waals surface area contributed by atoms with Crippen LogP contribution < -0.4 is 0 Å². The first-order valence-electron chi connectivity index (χ1n) is 4.29. The molecule has 0 aliphatic heterocycles. The van der Waals surface area contributed by atoms with Crippen molar-refractivity contribution in [3.8, 4) is 0 Å². The molecule has 2 atom stereocenters. The molecule has 0 bridgehead atoms. The lowest BCUT2D eigenvalue weighted by atomic mass is 9.86. The zero-order valence-corrected chi connectivity index (χ0v) is 9.80. The lowest BCUT2D eigenvalue weighted by molar-refractivity contribution is 0.328. The van der Waals surface area contributed by atoms with Gasteiger partial charge in [0.05, 0.1) is 0 Å². The van der Waals surface area contributed by atoms with Gasteiger partial charge in [0.25, 0.3) is 0 Å². The standard InChI is InChI=1S/C9H17BrS/c1-9(5-6-11-2)4-3-8(10)7-9/h8H,3-7H2,1-2H3. The molecular formula is C9H17BrS. The predicted molar refractivity (Wildman–Crippen MR) is 57.7 cm³/mol. The Morgan fingerprint density at radius 3 is 2.82 bits per heavy atom. The number of hydrogen-bond donors (Lipinski definition) is 0. The van der Waals surface area contributed by atoms with Gasteiger partial charge in [-0.3, -0.25) is 0 Å². The largest absolute Gasteiger partial charge is 0.165 e. The molecule has 0 aromatic heterocycles. The van der Waals surface area contributed by atoms with Crippen LogP contribution in [-0.2, 0) is 0 Å². The van der Waals surface area contributed by atoms with Gasteiger partial charge in [0, 0.05) is 4.83 Å². The minimum absolute atomic E-state index is 0.650. The zero-order valence-electron chi connectivity index (χ0n) is 7.40. The van der Waals surface area contributed by atoms with E-state index in [1.807, 2.05) is 11.8 Å². The summed E-state index contributed by atoms with van der Waals surface area (Å²) in [5, 5.41) is 0. The molecule has 66 valence electrons. The van der Waals surface area contributed by atoms with Crippen LogP contribution in [0.4, 0.5) is 0 Å². The van der Waals surface area contributed by atoms with Gasteiger partial charge < -0.3 is 0 Å². The van der Waals surface area contributed by atoms with Crippen LogP contribution >= 0.6 is 27.7 Å². The summed E-state index contributed by atoms with van der Waals surface area (Å²) in [5.41, 5.74) is 0.650. The summed E-state index contributed by atoms with van der Waals surface area (Å²) in [6.45, 7) is 2.44. The van der Waals surface area contributed by atoms with Gasteiger partial charge in [-0.05, 0) is 43.1 Å². The molecule has 1 saturated carbocycles. The van der Waals surface area contributed by atoms with Gasteiger partial charge in [-0.15, -0.1) is 0 Å². The van der Waals surface area contributed by atoms with E-state index in [1.54, 1.807) is 0 Å². The van der Waals surface area contributed by atoms with Crippen molar-refractivity contribution in [2.45, 2.75) is 37.4 Å². The highest BCUT2D eigenvalue weighted by molar-refractivity contribution is 9.09. The van der Waals surface area contributed by atoms with Gasteiger partial charge in [0.15, 0.2) is 0 Å². The van der Waals surface area contributed by atoms with Crippen molar-refractivity contribution >= 4 is 27.7 Å². The fourth-order valence-corrected chi connectivity index (χ4v) is 3.53. The lowest BCUT2D eigenvalue weighted by Gasteiger charge is -2.22. The Morgan fingerprint density at radius 1 is 1.64 bits per heavy atom. The van der Waals surface area contributed by atoms with E-state index < -0.39 is 0 Å². The third kappa shape index (κ3) is 2.98. The molecule has 0 aromatic rings. The van der Waals surface area contributed by atoms with E-state index in [0.717, 1.165) is 4.83 Å². The normalized spacial score (nSPS) is 37.9. The first-order valence-corrected chi connectivity index (χ1v) is 6.60. The highest BCUT2D eigenvalue weighted by Gasteiger charge is 2.32. The van der Waals surface area contributed by atoms with E-state index in [1.165, 1.54) is 31.4 Å². The van der Waals surface area contributed by atoms with Crippen LogP contribution in [0.5, 0.6) is 0 Å². The number of alkyl halides is 1. The van der Waals surface area contributed by atoms with Crippen LogP contribution in [-0.4, -0.2) is 16.8 Å². The van der Waals surface area contributed by atoms with Crippen LogP contribution in [0.3, 0.4) is 0 Å². The Bertz CT molecular complexity index is 127. The average Bonchev–Trinajstić information content (AvgIpc) is 2.28. The molecule has 0 saturated heterocycles. The Balaban J connectivity index is 2.29. The molecule has 0 aromatic carbocycles. The topological polar surface area (TPSA) is 0 Å². The van der Waals surface area contributed by atoms with Gasteiger partial charge in [-0.25, -0.2) is 0 Å². The maximum absolute atomic E-state index is 3.70. The molecule has 0 nitrogen and oxygen atoms in total. The van der Waals surface area contributed by atoms with Crippen molar-refractivity contribution in [2.24, 2.45) is 5.41 Å². The molecule has 1 aliphatic carbocycles. The molecular weight excluding hydrogens is 220 g/mol. The van der Waals surface area contributed by atoms with E-state index in [0.29, 0.717) is 5.41 Å². The SMILES string of the molecule is CSCCC1(C)CCC(Br)C1. The minimum Gasteiger partial charge on any atom is -0.165 e. The van der Waals surface area contributed by atoms with E-state index in [2.05, 4.69) is 29.1 Å². The minimum atomic E-state index is 0.650. The molecule has 2 heteroatoms. The highest BCUT2D eigenvalue weighted by Crippen LogP contribution is 2.43. The molecule has 2 unspecified atom stereocenters. The van der Waals surface area contributed by atoms with E-state index >= 15 is 0 Å². The third-order valence-corrected chi connectivity index (χ3v) is 4.08. The summed E-state index contributed by atoms with van der Waals surface area (Å²) < 4.78 is 0. The van der Waals surface area contributed by atoms with Crippen molar-refractivity contribution in [1.82, 2.24) is 0 Å². The van der Waals surface area contributed by atoms with Crippen LogP contribution in [0.1, 0.15) is 32.6 Å². The maximum atomic E-state index is 3.70. The quantitative estimate of drug-likeness (QED) is 0.674. The number of thioether (sulfide) groups is 1. The second-order valence-corrected chi connectivity index (χ2v) is 6.17. The highest BCUT2D eigenvalue weighted by atomic mass is 79.9. The molecule has 0 spiro atoms. The van der Waals surface area contributed by atoms with Crippen molar-refractivity contribution in [3.05, 3.63) is 0 Å². The van der Waals surface area contributed by atoms with Gasteiger partial charge >= 0.3 is 0 Å². The summed E-state index contributed by atoms with van der Waals surface area (Å²) in [7, 11) is 0. The van der Waals surface area contributed by atoms with E-state index in [-0.39, 0.29) is 0 Å². The third-order valence-electron chi connectivity index (χ3n) is 2.69. The summed E-state index contributed by atoms with van der Waals surface area (Å²) in [6.07, 6.45) is 7.78. The first-order chi connectivity index (χ1) is 5.16. The molecule has 0 N–H and O–H groups in total. The van der Waals surface area contributed by atoms with Gasteiger partial charge in [0.2, 0.25) is 0 Å². The Kier molecular flexibility index (Phi) is 3.76. The van der Waals surface area contributed by atoms with Crippen LogP contribution in [0.25, 0.3) is 0 Å². The van der Waals surface area contributed by atoms with E-state index in [4.69, 9.17) is 0 Å².